The van der Waals surface area contributed by atoms with Crippen LogP contribution in [0.3, 0.4) is 0 Å². The smallest absolute Gasteiger partial charge is 0.238 e. The van der Waals surface area contributed by atoms with Crippen molar-refractivity contribution < 1.29 is 9.53 Å². The van der Waals surface area contributed by atoms with Gasteiger partial charge in [-0.2, -0.15) is 0 Å². The van der Waals surface area contributed by atoms with Gasteiger partial charge in [0.25, 0.3) is 0 Å². The molecule has 1 amide bonds. The third-order valence-corrected chi connectivity index (χ3v) is 3.66. The van der Waals surface area contributed by atoms with Gasteiger partial charge in [-0.3, -0.25) is 4.79 Å². The van der Waals surface area contributed by atoms with Gasteiger partial charge in [-0.15, -0.1) is 0 Å². The van der Waals surface area contributed by atoms with E-state index in [1.165, 1.54) is 0 Å². The molecule has 4 nitrogen and oxygen atoms in total. The van der Waals surface area contributed by atoms with E-state index in [0.717, 1.165) is 9.13 Å². The first-order chi connectivity index (χ1) is 7.77. The van der Waals surface area contributed by atoms with Crippen molar-refractivity contribution in [1.82, 2.24) is 4.98 Å². The molecule has 0 saturated carbocycles. The van der Waals surface area contributed by atoms with Gasteiger partial charge in [0.05, 0.1) is 7.11 Å². The molecule has 0 aliphatic heterocycles. The second kappa shape index (κ2) is 5.20. The van der Waals surface area contributed by atoms with Crippen LogP contribution in [-0.4, -0.2) is 18.0 Å². The van der Waals surface area contributed by atoms with E-state index in [1.54, 1.807) is 13.3 Å². The lowest BCUT2D eigenvalue weighted by Gasteiger charge is -2.19. The van der Waals surface area contributed by atoms with Crippen LogP contribution in [0.15, 0.2) is 6.20 Å². The maximum atomic E-state index is 12.0. The lowest BCUT2D eigenvalue weighted by molar-refractivity contribution is -0.123. The van der Waals surface area contributed by atoms with Crippen LogP contribution in [0.25, 0.3) is 0 Å². The van der Waals surface area contributed by atoms with Gasteiger partial charge in [0.1, 0.15) is 5.69 Å². The fraction of sp³-hybridized carbons (Fsp3) is 0.500. The van der Waals surface area contributed by atoms with Gasteiger partial charge < -0.3 is 10.1 Å². The molecule has 1 aromatic heterocycles. The number of aryl methyl sites for hydroxylation is 1. The van der Waals surface area contributed by atoms with E-state index >= 15 is 0 Å². The number of ether oxygens (including phenoxy) is 1. The zero-order valence-corrected chi connectivity index (χ0v) is 12.9. The van der Waals surface area contributed by atoms with Crippen molar-refractivity contribution in [3.63, 3.8) is 0 Å². The van der Waals surface area contributed by atoms with Crippen LogP contribution < -0.4 is 10.1 Å². The van der Waals surface area contributed by atoms with E-state index in [9.17, 15) is 4.79 Å². The van der Waals surface area contributed by atoms with E-state index in [1.807, 2.05) is 27.7 Å². The summed E-state index contributed by atoms with van der Waals surface area (Å²) in [5.74, 6) is 0.388. The molecule has 17 heavy (non-hydrogen) atoms. The van der Waals surface area contributed by atoms with Crippen molar-refractivity contribution in [2.24, 2.45) is 5.41 Å². The summed E-state index contributed by atoms with van der Waals surface area (Å²) in [6, 6.07) is 0. The first-order valence-electron chi connectivity index (χ1n) is 5.28. The maximum absolute atomic E-state index is 12.0. The Morgan fingerprint density at radius 2 is 2.06 bits per heavy atom. The normalized spacial score (nSPS) is 11.2. The molecular formula is C12H17IN2O2. The van der Waals surface area contributed by atoms with Gasteiger partial charge in [0.2, 0.25) is 11.8 Å². The number of carbonyl (C=O) groups excluding carboxylic acids is 1. The molecule has 0 fully saturated rings. The maximum Gasteiger partial charge on any atom is 0.238 e. The van der Waals surface area contributed by atoms with Crippen LogP contribution in [-0.2, 0) is 4.79 Å². The van der Waals surface area contributed by atoms with E-state index in [4.69, 9.17) is 4.74 Å². The topological polar surface area (TPSA) is 51.2 Å². The molecule has 1 heterocycles. The first-order valence-corrected chi connectivity index (χ1v) is 6.35. The third kappa shape index (κ3) is 3.31. The summed E-state index contributed by atoms with van der Waals surface area (Å²) in [7, 11) is 1.54. The van der Waals surface area contributed by atoms with Crippen LogP contribution in [0.4, 0.5) is 5.69 Å². The van der Waals surface area contributed by atoms with Crippen LogP contribution >= 0.6 is 22.6 Å². The second-order valence-electron chi connectivity index (χ2n) is 4.84. The summed E-state index contributed by atoms with van der Waals surface area (Å²) in [5, 5.41) is 2.88. The van der Waals surface area contributed by atoms with Gasteiger partial charge in [0, 0.05) is 15.2 Å². The van der Waals surface area contributed by atoms with Crippen LogP contribution in [0.5, 0.6) is 5.88 Å². The van der Waals surface area contributed by atoms with Crippen molar-refractivity contribution in [3.05, 3.63) is 15.3 Å². The number of nitrogens with zero attached hydrogens (tertiary/aromatic N) is 1. The number of methoxy groups -OCH3 is 1. The average Bonchev–Trinajstić information content (AvgIpc) is 2.23. The van der Waals surface area contributed by atoms with Gasteiger partial charge in [-0.05, 0) is 35.1 Å². The molecular weight excluding hydrogens is 331 g/mol. The van der Waals surface area contributed by atoms with Crippen LogP contribution in [0, 0.1) is 15.9 Å². The molecule has 0 aliphatic rings. The minimum atomic E-state index is -0.447. The highest BCUT2D eigenvalue weighted by Gasteiger charge is 2.24. The molecule has 0 aliphatic carbocycles. The molecule has 1 rings (SSSR count). The quantitative estimate of drug-likeness (QED) is 0.836. The minimum absolute atomic E-state index is 0.0545. The molecule has 94 valence electrons. The number of hydrogen-bond donors (Lipinski definition) is 1. The van der Waals surface area contributed by atoms with E-state index in [0.29, 0.717) is 11.6 Å². The second-order valence-corrected chi connectivity index (χ2v) is 5.92. The fourth-order valence-corrected chi connectivity index (χ4v) is 1.64. The molecule has 0 bridgehead atoms. The van der Waals surface area contributed by atoms with Crippen molar-refractivity contribution in [1.29, 1.82) is 0 Å². The summed E-state index contributed by atoms with van der Waals surface area (Å²) in [6.45, 7) is 7.54. The minimum Gasteiger partial charge on any atom is -0.479 e. The summed E-state index contributed by atoms with van der Waals surface area (Å²) in [5.41, 5.74) is 1.21. The van der Waals surface area contributed by atoms with Gasteiger partial charge >= 0.3 is 0 Å². The Balaban J connectivity index is 3.13. The predicted octanol–water partition coefficient (Wildman–Crippen LogP) is 2.99. The summed E-state index contributed by atoms with van der Waals surface area (Å²) >= 11 is 2.18. The number of rotatable bonds is 2. The largest absolute Gasteiger partial charge is 0.479 e. The molecule has 0 spiro atoms. The Morgan fingerprint density at radius 1 is 1.47 bits per heavy atom. The third-order valence-electron chi connectivity index (χ3n) is 2.27. The van der Waals surface area contributed by atoms with Crippen LogP contribution in [0.1, 0.15) is 26.3 Å². The molecule has 0 saturated heterocycles. The van der Waals surface area contributed by atoms with Crippen molar-refractivity contribution in [3.8, 4) is 5.88 Å². The van der Waals surface area contributed by atoms with Gasteiger partial charge in [0.15, 0.2) is 0 Å². The summed E-state index contributed by atoms with van der Waals surface area (Å²) in [6.07, 6.45) is 1.73. The molecule has 0 radical (unpaired) electrons. The number of hydrogen-bond acceptors (Lipinski definition) is 3. The Kier molecular flexibility index (Phi) is 4.35. The van der Waals surface area contributed by atoms with Crippen molar-refractivity contribution in [2.45, 2.75) is 27.7 Å². The SMILES string of the molecule is COc1ncc(C)c(I)c1NC(=O)C(C)(C)C. The number of amides is 1. The van der Waals surface area contributed by atoms with Gasteiger partial charge in [-0.1, -0.05) is 20.8 Å². The molecule has 0 atom stereocenters. The Bertz CT molecular complexity index is 439. The number of nitrogens with one attached hydrogen (secondary N) is 1. The van der Waals surface area contributed by atoms with E-state index in [-0.39, 0.29) is 5.91 Å². The number of anilines is 1. The van der Waals surface area contributed by atoms with E-state index < -0.39 is 5.41 Å². The van der Waals surface area contributed by atoms with E-state index in [2.05, 4.69) is 32.9 Å². The summed E-state index contributed by atoms with van der Waals surface area (Å²) < 4.78 is 6.12. The highest BCUT2D eigenvalue weighted by atomic mass is 127. The first kappa shape index (κ1) is 14.2. The zero-order valence-electron chi connectivity index (χ0n) is 10.7. The lowest BCUT2D eigenvalue weighted by atomic mass is 9.95. The molecule has 0 unspecified atom stereocenters. The standard InChI is InChI=1S/C12H17IN2O2/c1-7-6-14-10(17-5)9(8(7)13)15-11(16)12(2,3)4/h6H,1-5H3,(H,15,16). The fourth-order valence-electron chi connectivity index (χ4n) is 1.13. The Labute approximate surface area is 115 Å². The molecule has 0 aromatic carbocycles. The average molecular weight is 348 g/mol. The summed E-state index contributed by atoms with van der Waals surface area (Å²) in [4.78, 5) is 16.1. The monoisotopic (exact) mass is 348 g/mol. The van der Waals surface area contributed by atoms with Crippen molar-refractivity contribution >= 4 is 34.2 Å². The Hall–Kier alpha value is -0.850. The number of pyridine rings is 1. The molecule has 5 heteroatoms. The number of carbonyl (C=O) groups is 1. The van der Waals surface area contributed by atoms with Gasteiger partial charge in [-0.25, -0.2) is 4.98 Å². The zero-order chi connectivity index (χ0) is 13.2. The van der Waals surface area contributed by atoms with Crippen LogP contribution in [0.2, 0.25) is 0 Å². The molecule has 1 N–H and O–H groups in total. The number of aromatic nitrogens is 1. The van der Waals surface area contributed by atoms with Crippen molar-refractivity contribution in [2.75, 3.05) is 12.4 Å². The number of halogens is 1. The highest BCUT2D eigenvalue weighted by Crippen LogP contribution is 2.31. The Morgan fingerprint density at radius 3 is 2.53 bits per heavy atom. The lowest BCUT2D eigenvalue weighted by Crippen LogP contribution is -2.28. The molecule has 1 aromatic rings. The predicted molar refractivity (Wildman–Crippen MR) is 76.3 cm³/mol. The highest BCUT2D eigenvalue weighted by molar-refractivity contribution is 14.1.